The minimum absolute atomic E-state index is 0. The van der Waals surface area contributed by atoms with Gasteiger partial charge in [0.15, 0.2) is 0 Å². The van der Waals surface area contributed by atoms with Crippen molar-refractivity contribution >= 4 is 20.4 Å². The van der Waals surface area contributed by atoms with E-state index in [4.69, 9.17) is 4.55 Å². The van der Waals surface area contributed by atoms with Crippen LogP contribution in [0.2, 0.25) is 5.04 Å². The maximum absolute atomic E-state index is 10.3. The summed E-state index contributed by atoms with van der Waals surface area (Å²) < 4.78 is 29.0. The standard InChI is InChI=1S/C6H16O3SSi.Na.H/c1-6(2,11)4-3-5-10(7,8)9;;/h3-5H2,1-2,11H3,(H,7,8,9);;/q;+1;-1. The zero-order valence-corrected chi connectivity index (χ0v) is 13.1. The Bertz CT molecular complexity index is 212. The third kappa shape index (κ3) is 13.7. The van der Waals surface area contributed by atoms with Crippen LogP contribution in [-0.4, -0.2) is 29.0 Å². The summed E-state index contributed by atoms with van der Waals surface area (Å²) >= 11 is 0. The average Bonchev–Trinajstić information content (AvgIpc) is 1.55. The van der Waals surface area contributed by atoms with E-state index in [1.54, 1.807) is 0 Å². The summed E-state index contributed by atoms with van der Waals surface area (Å²) in [6.07, 6.45) is 1.44. The predicted molar refractivity (Wildman–Crippen MR) is 50.7 cm³/mol. The fourth-order valence-electron chi connectivity index (χ4n) is 0.785. The van der Waals surface area contributed by atoms with Crippen molar-refractivity contribution in [1.82, 2.24) is 0 Å². The molecule has 3 nitrogen and oxygen atoms in total. The van der Waals surface area contributed by atoms with E-state index in [1.807, 2.05) is 0 Å². The van der Waals surface area contributed by atoms with Gasteiger partial charge in [0.25, 0.3) is 10.1 Å². The van der Waals surface area contributed by atoms with Crippen molar-refractivity contribution in [1.29, 1.82) is 0 Å². The second kappa shape index (κ2) is 5.77. The fraction of sp³-hybridized carbons (Fsp3) is 1.00. The zero-order chi connectivity index (χ0) is 9.12. The van der Waals surface area contributed by atoms with Crippen molar-refractivity contribution in [2.75, 3.05) is 5.75 Å². The maximum atomic E-state index is 10.3. The normalized spacial score (nSPS) is 12.6. The molecule has 0 aromatic carbocycles. The van der Waals surface area contributed by atoms with Crippen molar-refractivity contribution in [2.45, 2.75) is 31.7 Å². The Morgan fingerprint density at radius 3 is 2.17 bits per heavy atom. The van der Waals surface area contributed by atoms with Crippen molar-refractivity contribution in [3.8, 4) is 0 Å². The molecule has 0 bridgehead atoms. The number of hydrogen-bond acceptors (Lipinski definition) is 2. The smallest absolute Gasteiger partial charge is 1.00 e. The molecule has 0 fully saturated rings. The molecule has 0 spiro atoms. The Labute approximate surface area is 101 Å². The van der Waals surface area contributed by atoms with Crippen LogP contribution in [0, 0.1) is 0 Å². The molecule has 1 N–H and O–H groups in total. The Morgan fingerprint density at radius 1 is 1.50 bits per heavy atom. The second-order valence-corrected chi connectivity index (χ2v) is 8.23. The first-order chi connectivity index (χ1) is 4.71. The van der Waals surface area contributed by atoms with Gasteiger partial charge < -0.3 is 1.43 Å². The Kier molecular flexibility index (Phi) is 7.50. The summed E-state index contributed by atoms with van der Waals surface area (Å²) in [6.45, 7) is 4.20. The third-order valence-corrected chi connectivity index (χ3v) is 2.63. The summed E-state index contributed by atoms with van der Waals surface area (Å²) in [5.41, 5.74) is 0. The van der Waals surface area contributed by atoms with Gasteiger partial charge in [-0.1, -0.05) is 20.3 Å². The van der Waals surface area contributed by atoms with Crippen molar-refractivity contribution < 1.29 is 44.0 Å². The quantitative estimate of drug-likeness (QED) is 0.415. The van der Waals surface area contributed by atoms with Crippen LogP contribution in [0.5, 0.6) is 0 Å². The molecule has 0 radical (unpaired) electrons. The van der Waals surface area contributed by atoms with Crippen LogP contribution < -0.4 is 29.6 Å². The van der Waals surface area contributed by atoms with Crippen LogP contribution >= 0.6 is 0 Å². The molecule has 6 heteroatoms. The fourth-order valence-corrected chi connectivity index (χ4v) is 1.65. The minimum atomic E-state index is -3.73. The van der Waals surface area contributed by atoms with E-state index in [1.165, 1.54) is 0 Å². The monoisotopic (exact) mass is 220 g/mol. The van der Waals surface area contributed by atoms with Gasteiger partial charge in [0.05, 0.1) is 5.75 Å². The summed E-state index contributed by atoms with van der Waals surface area (Å²) in [7, 11) is -2.68. The van der Waals surface area contributed by atoms with E-state index in [2.05, 4.69) is 13.8 Å². The topological polar surface area (TPSA) is 54.4 Å². The van der Waals surface area contributed by atoms with Gasteiger partial charge in [0.1, 0.15) is 0 Å². The van der Waals surface area contributed by atoms with Crippen LogP contribution in [0.25, 0.3) is 0 Å². The van der Waals surface area contributed by atoms with Gasteiger partial charge in [-0.15, -0.1) is 0 Å². The van der Waals surface area contributed by atoms with Crippen LogP contribution in [0.3, 0.4) is 0 Å². The molecule has 0 saturated carbocycles. The van der Waals surface area contributed by atoms with Gasteiger partial charge in [-0.25, -0.2) is 0 Å². The number of hydrogen-bond donors (Lipinski definition) is 1. The number of rotatable bonds is 4. The largest absolute Gasteiger partial charge is 1.00 e. The average molecular weight is 220 g/mol. The first-order valence-corrected chi connectivity index (χ1v) is 6.27. The molecule has 0 atom stereocenters. The molecular weight excluding hydrogens is 203 g/mol. The predicted octanol–water partition coefficient (Wildman–Crippen LogP) is -2.67. The van der Waals surface area contributed by atoms with Crippen LogP contribution in [0.1, 0.15) is 28.1 Å². The molecule has 0 aliphatic carbocycles. The first-order valence-electron chi connectivity index (χ1n) is 3.66. The molecule has 0 aliphatic rings. The molecule has 0 aromatic heterocycles. The molecule has 70 valence electrons. The molecule has 0 heterocycles. The molecule has 0 aromatic rings. The van der Waals surface area contributed by atoms with Gasteiger partial charge in [-0.3, -0.25) is 4.55 Å². The summed E-state index contributed by atoms with van der Waals surface area (Å²) in [4.78, 5) is 0. The molecule has 0 saturated heterocycles. The van der Waals surface area contributed by atoms with Gasteiger partial charge in [0, 0.05) is 10.2 Å². The van der Waals surface area contributed by atoms with Gasteiger partial charge in [-0.2, -0.15) is 8.42 Å². The SMILES string of the molecule is CC(C)([SiH3])CCCS(=O)(=O)O.[H-].[Na+]. The Balaban J connectivity index is -0.000000500. The maximum Gasteiger partial charge on any atom is 1.00 e. The summed E-state index contributed by atoms with van der Waals surface area (Å²) in [6, 6.07) is 0. The molecular formula is C6H17NaO3SSi. The Hall–Kier alpha value is 1.13. The molecule has 12 heavy (non-hydrogen) atoms. The summed E-state index contributed by atoms with van der Waals surface area (Å²) in [5.74, 6) is -0.0985. The minimum Gasteiger partial charge on any atom is -1.00 e. The van der Waals surface area contributed by atoms with Crippen molar-refractivity contribution in [2.24, 2.45) is 0 Å². The second-order valence-electron chi connectivity index (χ2n) is 3.95. The van der Waals surface area contributed by atoms with Crippen LogP contribution in [0.4, 0.5) is 0 Å². The molecule has 0 unspecified atom stereocenters. The first kappa shape index (κ1) is 15.6. The zero-order valence-electron chi connectivity index (χ0n) is 9.29. The van der Waals surface area contributed by atoms with E-state index in [0.717, 1.165) is 16.7 Å². The third-order valence-electron chi connectivity index (χ3n) is 1.33. The van der Waals surface area contributed by atoms with E-state index in [0.29, 0.717) is 6.42 Å². The van der Waals surface area contributed by atoms with Crippen molar-refractivity contribution in [3.05, 3.63) is 0 Å². The van der Waals surface area contributed by atoms with E-state index >= 15 is 0 Å². The Morgan fingerprint density at radius 2 is 1.92 bits per heavy atom. The van der Waals surface area contributed by atoms with Gasteiger partial charge in [0.2, 0.25) is 0 Å². The molecule has 0 aliphatic heterocycles. The van der Waals surface area contributed by atoms with Gasteiger partial charge in [-0.05, 0) is 11.5 Å². The van der Waals surface area contributed by atoms with E-state index in [9.17, 15) is 8.42 Å². The molecule has 0 rings (SSSR count). The van der Waals surface area contributed by atoms with E-state index < -0.39 is 10.1 Å². The van der Waals surface area contributed by atoms with Crippen LogP contribution in [0.15, 0.2) is 0 Å². The van der Waals surface area contributed by atoms with Gasteiger partial charge >= 0.3 is 29.6 Å². The van der Waals surface area contributed by atoms with Crippen molar-refractivity contribution in [3.63, 3.8) is 0 Å². The summed E-state index contributed by atoms with van der Waals surface area (Å²) in [5, 5.41) is 0.282. The molecule has 0 amide bonds. The van der Waals surface area contributed by atoms with Crippen LogP contribution in [-0.2, 0) is 10.1 Å². The van der Waals surface area contributed by atoms with E-state index in [-0.39, 0.29) is 41.8 Å².